The number of carbonyl (C=O) groups excluding carboxylic acids is 1. The highest BCUT2D eigenvalue weighted by Gasteiger charge is 2.15. The van der Waals surface area contributed by atoms with Gasteiger partial charge in [0.15, 0.2) is 0 Å². The molecule has 0 bridgehead atoms. The van der Waals surface area contributed by atoms with Crippen LogP contribution in [0.1, 0.15) is 40.5 Å². The van der Waals surface area contributed by atoms with Crippen molar-refractivity contribution in [2.75, 3.05) is 19.7 Å². The third kappa shape index (κ3) is 9.93. The van der Waals surface area contributed by atoms with E-state index in [2.05, 4.69) is 12.2 Å². The Kier molecular flexibility index (Phi) is 7.34. The second-order valence-corrected chi connectivity index (χ2v) is 5.16. The van der Waals surface area contributed by atoms with Crippen molar-refractivity contribution in [1.29, 1.82) is 0 Å². The van der Waals surface area contributed by atoms with Crippen LogP contribution in [0, 0.1) is 5.92 Å². The third-order valence-electron chi connectivity index (χ3n) is 2.04. The molecule has 0 aliphatic carbocycles. The lowest BCUT2D eigenvalue weighted by atomic mass is 10.1. The molecule has 0 aliphatic rings. The van der Waals surface area contributed by atoms with Crippen LogP contribution in [-0.4, -0.2) is 36.4 Å². The SMILES string of the molecule is CC(CCO)CNCCC(=O)OC(C)(C)C. The van der Waals surface area contributed by atoms with Gasteiger partial charge in [0.05, 0.1) is 6.42 Å². The molecule has 4 nitrogen and oxygen atoms in total. The standard InChI is InChI=1S/C12H25NO3/c1-10(6-8-14)9-13-7-5-11(15)16-12(2,3)4/h10,13-14H,5-9H2,1-4H3. The molecule has 0 aliphatic heterocycles. The second-order valence-electron chi connectivity index (χ2n) is 5.16. The summed E-state index contributed by atoms with van der Waals surface area (Å²) in [5.41, 5.74) is -0.402. The minimum atomic E-state index is -0.402. The zero-order valence-electron chi connectivity index (χ0n) is 10.9. The maximum Gasteiger partial charge on any atom is 0.307 e. The Morgan fingerprint density at radius 3 is 2.56 bits per heavy atom. The summed E-state index contributed by atoms with van der Waals surface area (Å²) < 4.78 is 5.17. The first-order valence-electron chi connectivity index (χ1n) is 5.88. The lowest BCUT2D eigenvalue weighted by Gasteiger charge is -2.19. The molecule has 96 valence electrons. The third-order valence-corrected chi connectivity index (χ3v) is 2.04. The Morgan fingerprint density at radius 2 is 2.06 bits per heavy atom. The van der Waals surface area contributed by atoms with Crippen LogP contribution < -0.4 is 5.32 Å². The Morgan fingerprint density at radius 1 is 1.44 bits per heavy atom. The predicted octanol–water partition coefficient (Wildman–Crippen LogP) is 1.33. The summed E-state index contributed by atoms with van der Waals surface area (Å²) in [5, 5.41) is 11.9. The summed E-state index contributed by atoms with van der Waals surface area (Å²) in [4.78, 5) is 11.3. The molecule has 0 aromatic heterocycles. The summed E-state index contributed by atoms with van der Waals surface area (Å²) in [6.45, 7) is 9.32. The van der Waals surface area contributed by atoms with Crippen molar-refractivity contribution in [3.8, 4) is 0 Å². The fraction of sp³-hybridized carbons (Fsp3) is 0.917. The van der Waals surface area contributed by atoms with Gasteiger partial charge in [0.25, 0.3) is 0 Å². The van der Waals surface area contributed by atoms with Gasteiger partial charge in [0, 0.05) is 13.2 Å². The Labute approximate surface area is 98.4 Å². The number of ether oxygens (including phenoxy) is 1. The molecule has 0 saturated carbocycles. The molecule has 1 unspecified atom stereocenters. The van der Waals surface area contributed by atoms with E-state index in [-0.39, 0.29) is 12.6 Å². The summed E-state index contributed by atoms with van der Waals surface area (Å²) in [6, 6.07) is 0. The largest absolute Gasteiger partial charge is 0.460 e. The minimum Gasteiger partial charge on any atom is -0.460 e. The van der Waals surface area contributed by atoms with Crippen molar-refractivity contribution < 1.29 is 14.6 Å². The molecule has 0 spiro atoms. The molecule has 16 heavy (non-hydrogen) atoms. The van der Waals surface area contributed by atoms with Crippen LogP contribution in [0.2, 0.25) is 0 Å². The van der Waals surface area contributed by atoms with Gasteiger partial charge < -0.3 is 15.2 Å². The average Bonchev–Trinajstić information content (AvgIpc) is 2.10. The van der Waals surface area contributed by atoms with Gasteiger partial charge in [-0.05, 0) is 39.7 Å². The average molecular weight is 231 g/mol. The first-order chi connectivity index (χ1) is 7.35. The van der Waals surface area contributed by atoms with Crippen LogP contribution in [0.5, 0.6) is 0 Å². The molecular formula is C12H25NO3. The summed E-state index contributed by atoms with van der Waals surface area (Å²) >= 11 is 0. The quantitative estimate of drug-likeness (QED) is 0.512. The minimum absolute atomic E-state index is 0.171. The normalized spacial score (nSPS) is 13.6. The molecule has 0 radical (unpaired) electrons. The number of hydrogen-bond donors (Lipinski definition) is 2. The molecule has 4 heteroatoms. The fourth-order valence-electron chi connectivity index (χ4n) is 1.25. The van der Waals surface area contributed by atoms with E-state index in [1.54, 1.807) is 0 Å². The fourth-order valence-corrected chi connectivity index (χ4v) is 1.25. The summed E-state index contributed by atoms with van der Waals surface area (Å²) in [7, 11) is 0. The molecule has 0 heterocycles. The number of hydrogen-bond acceptors (Lipinski definition) is 4. The van der Waals surface area contributed by atoms with E-state index in [0.717, 1.165) is 13.0 Å². The Bertz CT molecular complexity index is 199. The van der Waals surface area contributed by atoms with Crippen LogP contribution in [-0.2, 0) is 9.53 Å². The van der Waals surface area contributed by atoms with Crippen molar-refractivity contribution in [3.63, 3.8) is 0 Å². The molecule has 0 amide bonds. The molecular weight excluding hydrogens is 206 g/mol. The van der Waals surface area contributed by atoms with E-state index in [1.807, 2.05) is 20.8 Å². The highest BCUT2D eigenvalue weighted by molar-refractivity contribution is 5.70. The van der Waals surface area contributed by atoms with Gasteiger partial charge in [-0.3, -0.25) is 4.79 Å². The number of carbonyl (C=O) groups is 1. The first-order valence-corrected chi connectivity index (χ1v) is 5.88. The maximum absolute atomic E-state index is 11.3. The highest BCUT2D eigenvalue weighted by Crippen LogP contribution is 2.07. The monoisotopic (exact) mass is 231 g/mol. The van der Waals surface area contributed by atoms with E-state index in [0.29, 0.717) is 18.9 Å². The van der Waals surface area contributed by atoms with E-state index < -0.39 is 5.60 Å². The van der Waals surface area contributed by atoms with Crippen LogP contribution in [0.4, 0.5) is 0 Å². The molecule has 1 atom stereocenters. The van der Waals surface area contributed by atoms with Gasteiger partial charge >= 0.3 is 5.97 Å². The van der Waals surface area contributed by atoms with Crippen LogP contribution in [0.15, 0.2) is 0 Å². The molecule has 0 fully saturated rings. The lowest BCUT2D eigenvalue weighted by Crippen LogP contribution is -2.28. The molecule has 0 aromatic rings. The topological polar surface area (TPSA) is 58.6 Å². The zero-order chi connectivity index (χ0) is 12.6. The van der Waals surface area contributed by atoms with Gasteiger partial charge in [-0.15, -0.1) is 0 Å². The number of aliphatic hydroxyl groups excluding tert-OH is 1. The van der Waals surface area contributed by atoms with Gasteiger partial charge in [-0.2, -0.15) is 0 Å². The molecule has 0 rings (SSSR count). The highest BCUT2D eigenvalue weighted by atomic mass is 16.6. The van der Waals surface area contributed by atoms with Crippen molar-refractivity contribution in [1.82, 2.24) is 5.32 Å². The van der Waals surface area contributed by atoms with E-state index in [9.17, 15) is 4.79 Å². The van der Waals surface area contributed by atoms with Crippen LogP contribution in [0.25, 0.3) is 0 Å². The summed E-state index contributed by atoms with van der Waals surface area (Å²) in [5.74, 6) is 0.262. The van der Waals surface area contributed by atoms with Crippen LogP contribution >= 0.6 is 0 Å². The van der Waals surface area contributed by atoms with Gasteiger partial charge in [-0.1, -0.05) is 6.92 Å². The lowest BCUT2D eigenvalue weighted by molar-refractivity contribution is -0.154. The predicted molar refractivity (Wildman–Crippen MR) is 64.2 cm³/mol. The van der Waals surface area contributed by atoms with Gasteiger partial charge in [0.1, 0.15) is 5.60 Å². The van der Waals surface area contributed by atoms with E-state index in [1.165, 1.54) is 0 Å². The second kappa shape index (κ2) is 7.63. The van der Waals surface area contributed by atoms with Gasteiger partial charge in [0.2, 0.25) is 0 Å². The van der Waals surface area contributed by atoms with Crippen molar-refractivity contribution in [3.05, 3.63) is 0 Å². The molecule has 2 N–H and O–H groups in total. The van der Waals surface area contributed by atoms with E-state index in [4.69, 9.17) is 9.84 Å². The van der Waals surface area contributed by atoms with Crippen LogP contribution in [0.3, 0.4) is 0 Å². The van der Waals surface area contributed by atoms with E-state index >= 15 is 0 Å². The maximum atomic E-state index is 11.3. The first kappa shape index (κ1) is 15.4. The van der Waals surface area contributed by atoms with Crippen molar-refractivity contribution in [2.24, 2.45) is 5.92 Å². The molecule has 0 aromatic carbocycles. The molecule has 0 saturated heterocycles. The van der Waals surface area contributed by atoms with Crippen molar-refractivity contribution >= 4 is 5.97 Å². The van der Waals surface area contributed by atoms with Crippen molar-refractivity contribution in [2.45, 2.75) is 46.1 Å². The number of esters is 1. The number of nitrogens with one attached hydrogen (secondary N) is 1. The smallest absolute Gasteiger partial charge is 0.307 e. The Balaban J connectivity index is 3.48. The van der Waals surface area contributed by atoms with Gasteiger partial charge in [-0.25, -0.2) is 0 Å². The summed E-state index contributed by atoms with van der Waals surface area (Å²) in [6.07, 6.45) is 1.18. The number of aliphatic hydroxyl groups is 1. The Hall–Kier alpha value is -0.610. The number of rotatable bonds is 7. The zero-order valence-corrected chi connectivity index (χ0v) is 10.9.